The predicted octanol–water partition coefficient (Wildman–Crippen LogP) is 3.16. The fourth-order valence-electron chi connectivity index (χ4n) is 2.78. The van der Waals surface area contributed by atoms with Crippen LogP contribution in [0.2, 0.25) is 0 Å². The molecule has 4 heteroatoms. The van der Waals surface area contributed by atoms with E-state index in [1.807, 2.05) is 0 Å². The lowest BCUT2D eigenvalue weighted by molar-refractivity contribution is 0.186. The molecule has 112 valence electrons. The summed E-state index contributed by atoms with van der Waals surface area (Å²) in [4.78, 5) is 0. The van der Waals surface area contributed by atoms with Crippen molar-refractivity contribution in [2.75, 3.05) is 26.8 Å². The van der Waals surface area contributed by atoms with Crippen molar-refractivity contribution in [3.63, 3.8) is 0 Å². The Bertz CT molecular complexity index is 428. The summed E-state index contributed by atoms with van der Waals surface area (Å²) in [5.41, 5.74) is 0.118. The highest BCUT2D eigenvalue weighted by atomic mass is 19.1. The summed E-state index contributed by atoms with van der Waals surface area (Å²) in [6, 6.07) is 4.09. The van der Waals surface area contributed by atoms with Crippen LogP contribution in [-0.4, -0.2) is 26.8 Å². The number of nitrogens with one attached hydrogen (secondary N) is 1. The number of methoxy groups -OCH3 is 1. The van der Waals surface area contributed by atoms with Gasteiger partial charge in [-0.25, -0.2) is 8.78 Å². The van der Waals surface area contributed by atoms with Crippen LogP contribution in [0.1, 0.15) is 25.3 Å². The van der Waals surface area contributed by atoms with E-state index in [1.165, 1.54) is 18.2 Å². The summed E-state index contributed by atoms with van der Waals surface area (Å²) in [5, 5.41) is 3.34. The molecule has 0 spiro atoms. The zero-order chi connectivity index (χ0) is 14.6. The summed E-state index contributed by atoms with van der Waals surface area (Å²) >= 11 is 0. The Morgan fingerprint density at radius 1 is 1.30 bits per heavy atom. The number of ether oxygens (including phenoxy) is 1. The van der Waals surface area contributed by atoms with E-state index >= 15 is 0 Å². The smallest absolute Gasteiger partial charge is 0.129 e. The van der Waals surface area contributed by atoms with E-state index in [9.17, 15) is 8.78 Å². The molecule has 2 nitrogen and oxygen atoms in total. The van der Waals surface area contributed by atoms with E-state index in [0.717, 1.165) is 25.9 Å². The van der Waals surface area contributed by atoms with Crippen molar-refractivity contribution in [2.45, 2.75) is 26.2 Å². The van der Waals surface area contributed by atoms with Crippen LogP contribution in [0.15, 0.2) is 18.2 Å². The monoisotopic (exact) mass is 283 g/mol. The van der Waals surface area contributed by atoms with Crippen molar-refractivity contribution in [3.8, 4) is 0 Å². The first kappa shape index (κ1) is 15.4. The second kappa shape index (κ2) is 6.64. The average Bonchev–Trinajstić information content (AvgIpc) is 3.24. The van der Waals surface area contributed by atoms with Crippen LogP contribution in [0.3, 0.4) is 0 Å². The third-order valence-electron chi connectivity index (χ3n) is 4.22. The highest BCUT2D eigenvalue weighted by molar-refractivity contribution is 5.22. The molecule has 1 aromatic rings. The summed E-state index contributed by atoms with van der Waals surface area (Å²) in [6.07, 6.45) is 2.74. The largest absolute Gasteiger partial charge is 0.383 e. The standard InChI is InChI=1S/C16H23F2NO/c1-16(12-6-7-12,11-19-8-9-20-2)10-13-14(17)4-3-5-15(13)18/h3-5,12,19H,6-11H2,1-2H3. The van der Waals surface area contributed by atoms with Crippen LogP contribution in [0.25, 0.3) is 0 Å². The zero-order valence-corrected chi connectivity index (χ0v) is 12.2. The van der Waals surface area contributed by atoms with E-state index in [4.69, 9.17) is 4.74 Å². The highest BCUT2D eigenvalue weighted by Gasteiger charge is 2.41. The number of rotatable bonds is 8. The Balaban J connectivity index is 2.05. The van der Waals surface area contributed by atoms with E-state index < -0.39 is 11.6 Å². The fourth-order valence-corrected chi connectivity index (χ4v) is 2.78. The van der Waals surface area contributed by atoms with E-state index in [2.05, 4.69) is 12.2 Å². The van der Waals surface area contributed by atoms with Gasteiger partial charge < -0.3 is 10.1 Å². The maximum atomic E-state index is 13.8. The third-order valence-corrected chi connectivity index (χ3v) is 4.22. The lowest BCUT2D eigenvalue weighted by Crippen LogP contribution is -2.37. The molecule has 0 radical (unpaired) electrons. The van der Waals surface area contributed by atoms with Crippen LogP contribution >= 0.6 is 0 Å². The molecule has 0 bridgehead atoms. The van der Waals surface area contributed by atoms with Gasteiger partial charge in [-0.3, -0.25) is 0 Å². The molecule has 0 heterocycles. The lowest BCUT2D eigenvalue weighted by Gasteiger charge is -2.30. The molecule has 1 aliphatic rings. The van der Waals surface area contributed by atoms with Crippen LogP contribution in [0.4, 0.5) is 8.78 Å². The van der Waals surface area contributed by atoms with Crippen molar-refractivity contribution in [3.05, 3.63) is 35.4 Å². The van der Waals surface area contributed by atoms with Crippen LogP contribution in [-0.2, 0) is 11.2 Å². The Kier molecular flexibility index (Phi) is 5.11. The van der Waals surface area contributed by atoms with Gasteiger partial charge in [0.2, 0.25) is 0 Å². The van der Waals surface area contributed by atoms with Crippen molar-refractivity contribution < 1.29 is 13.5 Å². The highest BCUT2D eigenvalue weighted by Crippen LogP contribution is 2.47. The molecular weight excluding hydrogens is 260 g/mol. The Morgan fingerprint density at radius 3 is 2.50 bits per heavy atom. The molecule has 0 aliphatic heterocycles. The van der Waals surface area contributed by atoms with Crippen molar-refractivity contribution in [1.29, 1.82) is 0 Å². The van der Waals surface area contributed by atoms with Crippen molar-refractivity contribution in [2.24, 2.45) is 11.3 Å². The van der Waals surface area contributed by atoms with Gasteiger partial charge in [-0.15, -0.1) is 0 Å². The maximum absolute atomic E-state index is 13.8. The van der Waals surface area contributed by atoms with Gasteiger partial charge in [-0.2, -0.15) is 0 Å². The van der Waals surface area contributed by atoms with Crippen LogP contribution in [0, 0.1) is 23.0 Å². The predicted molar refractivity (Wildman–Crippen MR) is 75.6 cm³/mol. The van der Waals surface area contributed by atoms with Crippen LogP contribution in [0.5, 0.6) is 0 Å². The number of halogens is 2. The second-order valence-corrected chi connectivity index (χ2v) is 5.97. The average molecular weight is 283 g/mol. The molecule has 1 aliphatic carbocycles. The van der Waals surface area contributed by atoms with Crippen molar-refractivity contribution in [1.82, 2.24) is 5.32 Å². The minimum atomic E-state index is -0.436. The molecule has 2 rings (SSSR count). The normalized spacial score (nSPS) is 18.0. The SMILES string of the molecule is COCCNCC(C)(Cc1c(F)cccc1F)C1CC1. The Labute approximate surface area is 119 Å². The number of benzene rings is 1. The van der Waals surface area contributed by atoms with E-state index in [0.29, 0.717) is 18.9 Å². The summed E-state index contributed by atoms with van der Waals surface area (Å²) in [5.74, 6) is -0.320. The first-order chi connectivity index (χ1) is 9.57. The lowest BCUT2D eigenvalue weighted by atomic mass is 9.78. The number of hydrogen-bond acceptors (Lipinski definition) is 2. The fraction of sp³-hybridized carbons (Fsp3) is 0.625. The molecule has 0 aromatic heterocycles. The Morgan fingerprint density at radius 2 is 1.95 bits per heavy atom. The maximum Gasteiger partial charge on any atom is 0.129 e. The van der Waals surface area contributed by atoms with Crippen LogP contribution < -0.4 is 5.32 Å². The molecule has 1 atom stereocenters. The first-order valence-electron chi connectivity index (χ1n) is 7.19. The van der Waals surface area contributed by atoms with Gasteiger partial charge >= 0.3 is 0 Å². The summed E-state index contributed by atoms with van der Waals surface area (Å²) < 4.78 is 32.7. The van der Waals surface area contributed by atoms with E-state index in [1.54, 1.807) is 7.11 Å². The van der Waals surface area contributed by atoms with Gasteiger partial charge in [0, 0.05) is 25.8 Å². The Hall–Kier alpha value is -1.00. The molecule has 1 unspecified atom stereocenters. The molecule has 1 saturated carbocycles. The van der Waals surface area contributed by atoms with Gasteiger partial charge in [0.25, 0.3) is 0 Å². The van der Waals surface area contributed by atoms with Crippen molar-refractivity contribution >= 4 is 0 Å². The topological polar surface area (TPSA) is 21.3 Å². The number of hydrogen-bond donors (Lipinski definition) is 1. The van der Waals surface area contributed by atoms with E-state index in [-0.39, 0.29) is 11.0 Å². The van der Waals surface area contributed by atoms with Gasteiger partial charge in [0.1, 0.15) is 11.6 Å². The minimum Gasteiger partial charge on any atom is -0.383 e. The van der Waals surface area contributed by atoms with Gasteiger partial charge in [-0.05, 0) is 42.7 Å². The summed E-state index contributed by atoms with van der Waals surface area (Å²) in [7, 11) is 1.66. The first-order valence-corrected chi connectivity index (χ1v) is 7.19. The minimum absolute atomic E-state index is 0.100. The molecule has 1 aromatic carbocycles. The molecule has 0 saturated heterocycles. The third kappa shape index (κ3) is 3.76. The quantitative estimate of drug-likeness (QED) is 0.740. The van der Waals surface area contributed by atoms with Gasteiger partial charge in [0.15, 0.2) is 0 Å². The van der Waals surface area contributed by atoms with Gasteiger partial charge in [0.05, 0.1) is 6.61 Å². The summed E-state index contributed by atoms with van der Waals surface area (Å²) in [6.45, 7) is 4.29. The molecule has 1 fully saturated rings. The molecule has 0 amide bonds. The molecule has 1 N–H and O–H groups in total. The molecular formula is C16H23F2NO. The second-order valence-electron chi connectivity index (χ2n) is 5.97. The van der Waals surface area contributed by atoms with Gasteiger partial charge in [-0.1, -0.05) is 13.0 Å². The molecule has 20 heavy (non-hydrogen) atoms. The zero-order valence-electron chi connectivity index (χ0n) is 12.2.